The molecule has 0 aliphatic rings. The number of amides is 1. The number of para-hydroxylation sites is 2. The summed E-state index contributed by atoms with van der Waals surface area (Å²) in [5.74, 6) is -0.129. The minimum Gasteiger partial charge on any atom is -0.434 e. The number of halogens is 2. The van der Waals surface area contributed by atoms with Crippen molar-refractivity contribution in [2.45, 2.75) is 26.0 Å². The molecule has 30 heavy (non-hydrogen) atoms. The summed E-state index contributed by atoms with van der Waals surface area (Å²) in [4.78, 5) is 20.8. The smallest absolute Gasteiger partial charge is 0.387 e. The molecule has 1 amide bonds. The number of ether oxygens (including phenoxy) is 1. The van der Waals surface area contributed by atoms with Gasteiger partial charge in [0.2, 0.25) is 11.9 Å². The Bertz CT molecular complexity index is 1230. The van der Waals surface area contributed by atoms with E-state index in [1.165, 1.54) is 10.6 Å². The second kappa shape index (κ2) is 7.90. The van der Waals surface area contributed by atoms with Crippen molar-refractivity contribution in [3.63, 3.8) is 0 Å². The van der Waals surface area contributed by atoms with Crippen molar-refractivity contribution in [3.8, 4) is 17.1 Å². The lowest BCUT2D eigenvalue weighted by atomic mass is 10.2. The molecule has 0 aliphatic carbocycles. The van der Waals surface area contributed by atoms with Crippen molar-refractivity contribution >= 4 is 28.4 Å². The number of nitrogens with one attached hydrogen (secondary N) is 1. The molecule has 0 radical (unpaired) electrons. The normalized spacial score (nSPS) is 12.4. The third-order valence-electron chi connectivity index (χ3n) is 4.58. The number of carbonyl (C=O) groups is 1. The lowest BCUT2D eigenvalue weighted by Gasteiger charge is -2.15. The number of nitrogens with zero attached hydrogens (tertiary/aromatic N) is 4. The highest BCUT2D eigenvalue weighted by Gasteiger charge is 2.20. The average Bonchev–Trinajstić information content (AvgIpc) is 3.17. The van der Waals surface area contributed by atoms with E-state index in [2.05, 4.69) is 25.1 Å². The minimum atomic E-state index is -2.98. The Morgan fingerprint density at radius 2 is 1.90 bits per heavy atom. The summed E-state index contributed by atoms with van der Waals surface area (Å²) in [5, 5.41) is 8.16. The monoisotopic (exact) mass is 412 g/mol. The molecule has 4 rings (SSSR count). The molecule has 8 nitrogen and oxygen atoms in total. The van der Waals surface area contributed by atoms with Gasteiger partial charge in [0.15, 0.2) is 11.5 Å². The largest absolute Gasteiger partial charge is 0.434 e. The van der Waals surface area contributed by atoms with Gasteiger partial charge in [0, 0.05) is 5.39 Å². The van der Waals surface area contributed by atoms with Crippen molar-refractivity contribution in [1.82, 2.24) is 19.6 Å². The SMILES string of the molecule is CCC(Nc1nc2ccccc2c2nc(-c3ccccc3OC(F)F)nn12)C(N)=O. The topological polar surface area (TPSA) is 107 Å². The van der Waals surface area contributed by atoms with Crippen LogP contribution in [0.3, 0.4) is 0 Å². The van der Waals surface area contributed by atoms with Crippen LogP contribution in [0.1, 0.15) is 13.3 Å². The Morgan fingerprint density at radius 3 is 2.63 bits per heavy atom. The van der Waals surface area contributed by atoms with Gasteiger partial charge in [0.05, 0.1) is 11.1 Å². The van der Waals surface area contributed by atoms with E-state index in [4.69, 9.17) is 5.73 Å². The van der Waals surface area contributed by atoms with Crippen LogP contribution in [0, 0.1) is 0 Å². The van der Waals surface area contributed by atoms with Crippen molar-refractivity contribution in [1.29, 1.82) is 0 Å². The molecule has 0 bridgehead atoms. The second-order valence-electron chi connectivity index (χ2n) is 6.51. The van der Waals surface area contributed by atoms with E-state index in [1.807, 2.05) is 25.1 Å². The number of anilines is 1. The predicted molar refractivity (Wildman–Crippen MR) is 107 cm³/mol. The number of primary amides is 1. The summed E-state index contributed by atoms with van der Waals surface area (Å²) in [7, 11) is 0. The Balaban J connectivity index is 1.92. The molecule has 0 spiro atoms. The van der Waals surface area contributed by atoms with Gasteiger partial charge in [-0.1, -0.05) is 31.2 Å². The summed E-state index contributed by atoms with van der Waals surface area (Å²) in [6.45, 7) is -1.17. The van der Waals surface area contributed by atoms with E-state index in [9.17, 15) is 13.6 Å². The maximum absolute atomic E-state index is 12.8. The molecule has 1 unspecified atom stereocenters. The third-order valence-corrected chi connectivity index (χ3v) is 4.58. The maximum atomic E-state index is 12.8. The van der Waals surface area contributed by atoms with E-state index < -0.39 is 18.6 Å². The number of alkyl halides is 2. The molecule has 0 saturated carbocycles. The van der Waals surface area contributed by atoms with Crippen LogP contribution >= 0.6 is 0 Å². The Morgan fingerprint density at radius 1 is 1.17 bits per heavy atom. The van der Waals surface area contributed by atoms with Crippen molar-refractivity contribution < 1.29 is 18.3 Å². The number of hydrogen-bond acceptors (Lipinski definition) is 6. The molecule has 2 aromatic heterocycles. The average molecular weight is 412 g/mol. The molecule has 1 atom stereocenters. The first-order chi connectivity index (χ1) is 14.5. The molecule has 3 N–H and O–H groups in total. The molecule has 0 fully saturated rings. The van der Waals surface area contributed by atoms with Gasteiger partial charge in [0.1, 0.15) is 11.8 Å². The first-order valence-electron chi connectivity index (χ1n) is 9.23. The highest BCUT2D eigenvalue weighted by Crippen LogP contribution is 2.31. The molecule has 2 aromatic carbocycles. The van der Waals surface area contributed by atoms with Gasteiger partial charge in [-0.05, 0) is 30.7 Å². The highest BCUT2D eigenvalue weighted by atomic mass is 19.3. The molecule has 154 valence electrons. The van der Waals surface area contributed by atoms with Gasteiger partial charge in [-0.3, -0.25) is 4.79 Å². The van der Waals surface area contributed by atoms with Crippen LogP contribution in [0.5, 0.6) is 5.75 Å². The van der Waals surface area contributed by atoms with Crippen molar-refractivity contribution in [2.75, 3.05) is 5.32 Å². The summed E-state index contributed by atoms with van der Waals surface area (Å²) in [6.07, 6.45) is 0.442. The molecule has 0 saturated heterocycles. The van der Waals surface area contributed by atoms with Gasteiger partial charge in [-0.2, -0.15) is 13.3 Å². The van der Waals surface area contributed by atoms with Crippen LogP contribution in [0.25, 0.3) is 27.9 Å². The lowest BCUT2D eigenvalue weighted by molar-refractivity contribution is -0.118. The first kappa shape index (κ1) is 19.5. The number of rotatable bonds is 7. The molecular weight excluding hydrogens is 394 g/mol. The van der Waals surface area contributed by atoms with Gasteiger partial charge in [-0.25, -0.2) is 9.97 Å². The Labute approximate surface area is 169 Å². The summed E-state index contributed by atoms with van der Waals surface area (Å²) >= 11 is 0. The lowest BCUT2D eigenvalue weighted by Crippen LogP contribution is -2.35. The Kier molecular flexibility index (Phi) is 5.13. The van der Waals surface area contributed by atoms with Crippen molar-refractivity contribution in [3.05, 3.63) is 48.5 Å². The van der Waals surface area contributed by atoms with Crippen molar-refractivity contribution in [2.24, 2.45) is 5.73 Å². The van der Waals surface area contributed by atoms with Crippen LogP contribution in [-0.2, 0) is 4.79 Å². The van der Waals surface area contributed by atoms with Crippen LogP contribution in [0.15, 0.2) is 48.5 Å². The maximum Gasteiger partial charge on any atom is 0.387 e. The molecular formula is C20H18F2N6O2. The number of fused-ring (bicyclic) bond motifs is 3. The van der Waals surface area contributed by atoms with E-state index in [0.717, 1.165) is 0 Å². The van der Waals surface area contributed by atoms with E-state index in [0.29, 0.717) is 28.5 Å². The zero-order valence-electron chi connectivity index (χ0n) is 15.9. The number of aromatic nitrogens is 4. The van der Waals surface area contributed by atoms with Crippen LogP contribution in [-0.4, -0.2) is 38.1 Å². The van der Waals surface area contributed by atoms with E-state index in [1.54, 1.807) is 24.3 Å². The zero-order valence-corrected chi connectivity index (χ0v) is 15.9. The summed E-state index contributed by atoms with van der Waals surface area (Å²) in [6, 6.07) is 12.9. The zero-order chi connectivity index (χ0) is 21.3. The van der Waals surface area contributed by atoms with E-state index >= 15 is 0 Å². The minimum absolute atomic E-state index is 0.0428. The molecule has 2 heterocycles. The predicted octanol–water partition coefficient (Wildman–Crippen LogP) is 3.22. The van der Waals surface area contributed by atoms with E-state index in [-0.39, 0.29) is 17.5 Å². The van der Waals surface area contributed by atoms with Gasteiger partial charge >= 0.3 is 6.61 Å². The third kappa shape index (κ3) is 3.59. The Hall–Kier alpha value is -3.82. The van der Waals surface area contributed by atoms with Gasteiger partial charge in [-0.15, -0.1) is 5.10 Å². The number of hydrogen-bond donors (Lipinski definition) is 2. The number of carbonyl (C=O) groups excluding carboxylic acids is 1. The molecule has 10 heteroatoms. The molecule has 0 aliphatic heterocycles. The second-order valence-corrected chi connectivity index (χ2v) is 6.51. The standard InChI is InChI=1S/C20H18F2N6O2/c1-2-13(16(23)29)24-20-25-14-9-5-3-7-11(14)18-26-17(27-28(18)20)12-8-4-6-10-15(12)30-19(21)22/h3-10,13,19H,2H2,1H3,(H2,23,29)(H,24,25). The number of benzene rings is 2. The summed E-state index contributed by atoms with van der Waals surface area (Å²) < 4.78 is 31.7. The van der Waals surface area contributed by atoms with Gasteiger partial charge in [0.25, 0.3) is 0 Å². The highest BCUT2D eigenvalue weighted by molar-refractivity contribution is 5.93. The number of nitrogens with two attached hydrogens (primary N) is 1. The van der Waals surface area contributed by atoms with Crippen LogP contribution in [0.4, 0.5) is 14.7 Å². The fraction of sp³-hybridized carbons (Fsp3) is 0.200. The van der Waals surface area contributed by atoms with Crippen LogP contribution in [0.2, 0.25) is 0 Å². The van der Waals surface area contributed by atoms with Crippen LogP contribution < -0.4 is 15.8 Å². The molecule has 4 aromatic rings. The summed E-state index contributed by atoms with van der Waals surface area (Å²) in [5.41, 5.74) is 6.83. The van der Waals surface area contributed by atoms with Gasteiger partial charge < -0.3 is 15.8 Å². The fourth-order valence-electron chi connectivity index (χ4n) is 3.14. The first-order valence-corrected chi connectivity index (χ1v) is 9.23. The fourth-order valence-corrected chi connectivity index (χ4v) is 3.14. The quantitative estimate of drug-likeness (QED) is 0.483.